The van der Waals surface area contributed by atoms with Crippen molar-refractivity contribution in [1.82, 2.24) is 0 Å². The quantitative estimate of drug-likeness (QED) is 0.514. The highest BCUT2D eigenvalue weighted by molar-refractivity contribution is 5.96. The second-order valence-corrected chi connectivity index (χ2v) is 4.10. The second-order valence-electron chi connectivity index (χ2n) is 4.10. The molecule has 0 aliphatic rings. The minimum Gasteiger partial charge on any atom is -0.457 e. The average Bonchev–Trinajstić information content (AvgIpc) is 2.37. The van der Waals surface area contributed by atoms with E-state index in [1.807, 2.05) is 49.4 Å². The molecule has 0 unspecified atom stereocenters. The van der Waals surface area contributed by atoms with Gasteiger partial charge in [0.25, 0.3) is 0 Å². The lowest BCUT2D eigenvalue weighted by molar-refractivity contribution is 0.0473. The second kappa shape index (κ2) is 5.36. The molecule has 0 fully saturated rings. The molecule has 2 N–H and O–H groups in total. The molecule has 0 aliphatic carbocycles. The van der Waals surface area contributed by atoms with Gasteiger partial charge in [0.2, 0.25) is 0 Å². The first-order chi connectivity index (χ1) is 8.68. The van der Waals surface area contributed by atoms with Gasteiger partial charge in [-0.15, -0.1) is 0 Å². The predicted molar refractivity (Wildman–Crippen MR) is 71.2 cm³/mol. The van der Waals surface area contributed by atoms with E-state index < -0.39 is 0 Å². The number of aryl methyl sites for hydroxylation is 1. The van der Waals surface area contributed by atoms with Crippen LogP contribution in [-0.4, -0.2) is 5.97 Å². The van der Waals surface area contributed by atoms with Gasteiger partial charge in [-0.05, 0) is 24.1 Å². The van der Waals surface area contributed by atoms with Crippen LogP contribution in [0.25, 0.3) is 0 Å². The zero-order valence-corrected chi connectivity index (χ0v) is 10.2. The molecule has 0 amide bonds. The zero-order valence-electron chi connectivity index (χ0n) is 10.2. The molecule has 0 bridgehead atoms. The Morgan fingerprint density at radius 1 is 1.11 bits per heavy atom. The molecule has 92 valence electrons. The van der Waals surface area contributed by atoms with E-state index in [4.69, 9.17) is 10.5 Å². The zero-order chi connectivity index (χ0) is 13.0. The average molecular weight is 245 g/mol. The summed E-state index contributed by atoms with van der Waals surface area (Å²) in [5.74, 6) is -0.380. The minimum absolute atomic E-state index is 0.257. The maximum atomic E-state index is 12.0. The van der Waals surface area contributed by atoms with Crippen molar-refractivity contribution in [3.05, 3.63) is 65.2 Å². The first-order valence-electron chi connectivity index (χ1n) is 5.74. The predicted octanol–water partition coefficient (Wildman–Crippen LogP) is 2.93. The number of anilines is 1. The molecule has 0 spiro atoms. The largest absolute Gasteiger partial charge is 0.457 e. The summed E-state index contributed by atoms with van der Waals surface area (Å²) in [5.41, 5.74) is 8.48. The first kappa shape index (κ1) is 12.2. The highest BCUT2D eigenvalue weighted by atomic mass is 16.6. The lowest BCUT2D eigenvalue weighted by atomic mass is 10.2. The van der Waals surface area contributed by atoms with Crippen LogP contribution >= 0.6 is 0 Å². The molecule has 0 aliphatic heterocycles. The number of benzene rings is 2. The van der Waals surface area contributed by atoms with Crippen molar-refractivity contribution in [3.63, 3.8) is 0 Å². The van der Waals surface area contributed by atoms with Crippen LogP contribution in [-0.2, 0) is 11.3 Å². The lowest BCUT2D eigenvalue weighted by Gasteiger charge is -2.09. The first-order valence-corrected chi connectivity index (χ1v) is 5.74. The normalized spacial score (nSPS) is 10.1. The maximum absolute atomic E-state index is 12.0. The summed E-state index contributed by atoms with van der Waals surface area (Å²) in [6, 6.07) is 14.9. The topological polar surface area (TPSA) is 52.3 Å². The summed E-state index contributed by atoms with van der Waals surface area (Å²) in [6.07, 6.45) is 0. The summed E-state index contributed by atoms with van der Waals surface area (Å²) >= 11 is 0. The molecule has 0 saturated carbocycles. The van der Waals surface area contributed by atoms with Gasteiger partial charge in [0, 0.05) is 5.69 Å². The molecular formula is C15H15NO2. The van der Waals surface area contributed by atoms with E-state index in [0.717, 1.165) is 11.1 Å². The Labute approximate surface area is 106 Å². The Kier molecular flexibility index (Phi) is 3.63. The molecule has 2 aromatic carbocycles. The molecule has 3 heteroatoms. The molecule has 0 radical (unpaired) electrons. The smallest absolute Gasteiger partial charge is 0.340 e. The maximum Gasteiger partial charge on any atom is 0.340 e. The number of nitrogens with two attached hydrogens (primary N) is 1. The van der Waals surface area contributed by atoms with Crippen molar-refractivity contribution in [3.8, 4) is 0 Å². The summed E-state index contributed by atoms with van der Waals surface area (Å²) in [7, 11) is 0. The molecule has 2 aromatic rings. The van der Waals surface area contributed by atoms with E-state index in [2.05, 4.69) is 0 Å². The molecule has 0 heterocycles. The molecule has 0 aromatic heterocycles. The van der Waals surface area contributed by atoms with Crippen LogP contribution in [0.3, 0.4) is 0 Å². The molecule has 2 rings (SSSR count). The van der Waals surface area contributed by atoms with E-state index in [9.17, 15) is 4.79 Å². The highest BCUT2D eigenvalue weighted by Gasteiger charge is 2.13. The van der Waals surface area contributed by atoms with Crippen molar-refractivity contribution in [2.24, 2.45) is 0 Å². The number of carbonyl (C=O) groups excluding carboxylic acids is 1. The Hall–Kier alpha value is -2.29. The van der Waals surface area contributed by atoms with Crippen LogP contribution in [0.5, 0.6) is 0 Å². The summed E-state index contributed by atoms with van der Waals surface area (Å²) in [5, 5.41) is 0. The van der Waals surface area contributed by atoms with Crippen LogP contribution in [0.2, 0.25) is 0 Å². The van der Waals surface area contributed by atoms with Crippen LogP contribution in [0, 0.1) is 6.92 Å². The molecule has 0 saturated heterocycles. The number of ether oxygens (including phenoxy) is 1. The number of hydrogen-bond donors (Lipinski definition) is 1. The number of rotatable bonds is 3. The SMILES string of the molecule is [13CH3][13c]1cccc(N)[13c]1[13C](=O)OCc1ccccc1. The Morgan fingerprint density at radius 3 is 2.50 bits per heavy atom. The van der Waals surface area contributed by atoms with Gasteiger partial charge in [-0.25, -0.2) is 4.79 Å². The van der Waals surface area contributed by atoms with Gasteiger partial charge in [0.15, 0.2) is 0 Å². The monoisotopic (exact) mass is 245 g/mol. The van der Waals surface area contributed by atoms with Gasteiger partial charge in [-0.3, -0.25) is 0 Å². The standard InChI is InChI=1S/C15H15NO2/c1-11-6-5-9-13(16)14(11)15(17)18-10-12-7-3-2-4-8-12/h2-9H,10,16H2,1H3/i1+1,11+1,14+1,15+1. The van der Waals surface area contributed by atoms with Gasteiger partial charge in [-0.2, -0.15) is 0 Å². The van der Waals surface area contributed by atoms with E-state index in [1.165, 1.54) is 0 Å². The van der Waals surface area contributed by atoms with E-state index >= 15 is 0 Å². The fraction of sp³-hybridized carbons (Fsp3) is 0.133. The summed E-state index contributed by atoms with van der Waals surface area (Å²) < 4.78 is 5.26. The molecule has 18 heavy (non-hydrogen) atoms. The van der Waals surface area contributed by atoms with Crippen molar-refractivity contribution in [2.75, 3.05) is 5.73 Å². The van der Waals surface area contributed by atoms with Crippen molar-refractivity contribution in [1.29, 1.82) is 0 Å². The molecular weight excluding hydrogens is 230 g/mol. The van der Waals surface area contributed by atoms with Gasteiger partial charge in [-0.1, -0.05) is 42.5 Å². The minimum atomic E-state index is -0.380. The fourth-order valence-electron chi connectivity index (χ4n) is 1.76. The van der Waals surface area contributed by atoms with Gasteiger partial charge in [0.1, 0.15) is 6.61 Å². The van der Waals surface area contributed by atoms with Crippen molar-refractivity contribution < 1.29 is 9.53 Å². The Morgan fingerprint density at radius 2 is 1.83 bits per heavy atom. The Balaban J connectivity index is 2.09. The van der Waals surface area contributed by atoms with Gasteiger partial charge in [0.05, 0.1) is 5.56 Å². The number of esters is 1. The highest BCUT2D eigenvalue weighted by Crippen LogP contribution is 2.18. The van der Waals surface area contributed by atoms with Crippen molar-refractivity contribution in [2.45, 2.75) is 13.5 Å². The number of carbonyl (C=O) groups is 1. The molecule has 0 atom stereocenters. The third kappa shape index (κ3) is 2.69. The summed E-state index contributed by atoms with van der Waals surface area (Å²) in [6.45, 7) is 2.10. The van der Waals surface area contributed by atoms with Gasteiger partial charge >= 0.3 is 5.97 Å². The van der Waals surface area contributed by atoms with Crippen LogP contribution in [0.4, 0.5) is 5.69 Å². The van der Waals surface area contributed by atoms with E-state index in [0.29, 0.717) is 11.3 Å². The molecule has 3 nitrogen and oxygen atoms in total. The van der Waals surface area contributed by atoms with Crippen LogP contribution in [0.1, 0.15) is 21.5 Å². The van der Waals surface area contributed by atoms with E-state index in [-0.39, 0.29) is 12.6 Å². The number of nitrogen functional groups attached to an aromatic ring is 1. The number of hydrogen-bond acceptors (Lipinski definition) is 3. The van der Waals surface area contributed by atoms with Crippen LogP contribution in [0.15, 0.2) is 48.5 Å². The lowest BCUT2D eigenvalue weighted by Crippen LogP contribution is -2.10. The summed E-state index contributed by atoms with van der Waals surface area (Å²) in [4.78, 5) is 12.0. The Bertz CT molecular complexity index is 529. The third-order valence-corrected chi connectivity index (χ3v) is 2.72. The van der Waals surface area contributed by atoms with Crippen LogP contribution < -0.4 is 5.73 Å². The third-order valence-electron chi connectivity index (χ3n) is 2.72. The van der Waals surface area contributed by atoms with Gasteiger partial charge < -0.3 is 10.5 Å². The van der Waals surface area contributed by atoms with Crippen molar-refractivity contribution >= 4 is 11.7 Å². The fourth-order valence-corrected chi connectivity index (χ4v) is 1.76. The van der Waals surface area contributed by atoms with E-state index in [1.54, 1.807) is 6.07 Å².